The smallest absolute Gasteiger partial charge is 0.305 e. The number of benzene rings is 1. The standard InChI is InChI=1S/C9H12N2O2/c10-11-8(6-9(12)13)7-4-2-1-3-5-7/h1-5,8,11H,6,10H2,(H,12,13)/t8-/m1/s1. The summed E-state index contributed by atoms with van der Waals surface area (Å²) in [6.07, 6.45) is -0.0134. The van der Waals surface area contributed by atoms with Crippen molar-refractivity contribution in [1.82, 2.24) is 5.43 Å². The van der Waals surface area contributed by atoms with Crippen LogP contribution >= 0.6 is 0 Å². The molecule has 4 heteroatoms. The second-order valence-corrected chi connectivity index (χ2v) is 2.73. The molecule has 1 atom stereocenters. The number of rotatable bonds is 4. The summed E-state index contributed by atoms with van der Waals surface area (Å²) < 4.78 is 0. The van der Waals surface area contributed by atoms with Crippen molar-refractivity contribution in [2.75, 3.05) is 0 Å². The number of nitrogens with two attached hydrogens (primary N) is 1. The Morgan fingerprint density at radius 1 is 1.46 bits per heavy atom. The lowest BCUT2D eigenvalue weighted by molar-refractivity contribution is -0.137. The zero-order valence-electron chi connectivity index (χ0n) is 7.10. The van der Waals surface area contributed by atoms with Gasteiger partial charge in [0.05, 0.1) is 12.5 Å². The van der Waals surface area contributed by atoms with Gasteiger partial charge in [-0.3, -0.25) is 16.1 Å². The summed E-state index contributed by atoms with van der Waals surface area (Å²) >= 11 is 0. The maximum Gasteiger partial charge on any atom is 0.305 e. The molecule has 4 nitrogen and oxygen atoms in total. The first-order chi connectivity index (χ1) is 6.24. The van der Waals surface area contributed by atoms with Crippen LogP contribution in [-0.4, -0.2) is 11.1 Å². The average molecular weight is 180 g/mol. The third kappa shape index (κ3) is 2.85. The second-order valence-electron chi connectivity index (χ2n) is 2.73. The van der Waals surface area contributed by atoms with E-state index in [0.717, 1.165) is 5.56 Å². The monoisotopic (exact) mass is 180 g/mol. The Morgan fingerprint density at radius 2 is 2.08 bits per heavy atom. The molecule has 1 aromatic carbocycles. The lowest BCUT2D eigenvalue weighted by Crippen LogP contribution is -2.29. The van der Waals surface area contributed by atoms with Crippen molar-refractivity contribution in [2.24, 2.45) is 5.84 Å². The van der Waals surface area contributed by atoms with Crippen LogP contribution in [-0.2, 0) is 4.79 Å². The van der Waals surface area contributed by atoms with Crippen molar-refractivity contribution >= 4 is 5.97 Å². The van der Waals surface area contributed by atoms with Crippen LogP contribution in [0, 0.1) is 0 Å². The zero-order chi connectivity index (χ0) is 9.68. The van der Waals surface area contributed by atoms with Gasteiger partial charge in [-0.15, -0.1) is 0 Å². The van der Waals surface area contributed by atoms with Crippen LogP contribution in [0.1, 0.15) is 18.0 Å². The van der Waals surface area contributed by atoms with E-state index in [1.807, 2.05) is 30.3 Å². The van der Waals surface area contributed by atoms with Gasteiger partial charge < -0.3 is 5.11 Å². The summed E-state index contributed by atoms with van der Waals surface area (Å²) in [5.74, 6) is 4.37. The molecule has 0 bridgehead atoms. The number of nitrogens with one attached hydrogen (secondary N) is 1. The van der Waals surface area contributed by atoms with Crippen molar-refractivity contribution in [1.29, 1.82) is 0 Å². The van der Waals surface area contributed by atoms with Crippen molar-refractivity contribution in [2.45, 2.75) is 12.5 Å². The Bertz CT molecular complexity index is 274. The van der Waals surface area contributed by atoms with Crippen LogP contribution < -0.4 is 11.3 Å². The number of hydrogen-bond donors (Lipinski definition) is 3. The van der Waals surface area contributed by atoms with Gasteiger partial charge >= 0.3 is 5.97 Å². The van der Waals surface area contributed by atoms with E-state index >= 15 is 0 Å². The van der Waals surface area contributed by atoms with Gasteiger partial charge in [-0.1, -0.05) is 30.3 Å². The molecule has 1 rings (SSSR count). The van der Waals surface area contributed by atoms with E-state index in [-0.39, 0.29) is 12.5 Å². The number of carbonyl (C=O) groups is 1. The van der Waals surface area contributed by atoms with E-state index in [9.17, 15) is 4.79 Å². The van der Waals surface area contributed by atoms with Gasteiger partial charge in [-0.05, 0) is 5.56 Å². The first kappa shape index (κ1) is 9.70. The molecule has 0 aromatic heterocycles. The SMILES string of the molecule is NN[C@H](CC(=O)O)c1ccccc1. The first-order valence-electron chi connectivity index (χ1n) is 3.97. The zero-order valence-corrected chi connectivity index (χ0v) is 7.10. The minimum absolute atomic E-state index is 0.0134. The Labute approximate surface area is 76.3 Å². The summed E-state index contributed by atoms with van der Waals surface area (Å²) in [7, 11) is 0. The van der Waals surface area contributed by atoms with Gasteiger partial charge in [-0.2, -0.15) is 0 Å². The molecule has 0 aliphatic carbocycles. The highest BCUT2D eigenvalue weighted by atomic mass is 16.4. The molecule has 0 radical (unpaired) electrons. The predicted molar refractivity (Wildman–Crippen MR) is 48.8 cm³/mol. The number of carboxylic acid groups (broad SMARTS) is 1. The fourth-order valence-electron chi connectivity index (χ4n) is 1.13. The molecular weight excluding hydrogens is 168 g/mol. The molecule has 0 saturated carbocycles. The van der Waals surface area contributed by atoms with Gasteiger partial charge in [0.2, 0.25) is 0 Å². The Balaban J connectivity index is 2.73. The van der Waals surface area contributed by atoms with E-state index in [4.69, 9.17) is 10.9 Å². The summed E-state index contributed by atoms with van der Waals surface area (Å²) in [6, 6.07) is 8.93. The molecule has 0 unspecified atom stereocenters. The van der Waals surface area contributed by atoms with Gasteiger partial charge in [0.15, 0.2) is 0 Å². The molecule has 0 fully saturated rings. The summed E-state index contributed by atoms with van der Waals surface area (Å²) in [5, 5.41) is 8.58. The van der Waals surface area contributed by atoms with Crippen LogP contribution in [0.5, 0.6) is 0 Å². The molecule has 0 aliphatic heterocycles. The number of hydrogen-bond acceptors (Lipinski definition) is 3. The summed E-state index contributed by atoms with van der Waals surface area (Å²) in [5.41, 5.74) is 3.35. The highest BCUT2D eigenvalue weighted by molar-refractivity contribution is 5.67. The molecule has 0 aliphatic rings. The summed E-state index contributed by atoms with van der Waals surface area (Å²) in [4.78, 5) is 10.4. The number of hydrazine groups is 1. The fourth-order valence-corrected chi connectivity index (χ4v) is 1.13. The molecule has 0 saturated heterocycles. The number of carboxylic acids is 1. The van der Waals surface area contributed by atoms with Crippen molar-refractivity contribution in [3.05, 3.63) is 35.9 Å². The Morgan fingerprint density at radius 3 is 2.54 bits per heavy atom. The average Bonchev–Trinajstić information content (AvgIpc) is 2.15. The Hall–Kier alpha value is -1.39. The van der Waals surface area contributed by atoms with Gasteiger partial charge in [0, 0.05) is 0 Å². The highest BCUT2D eigenvalue weighted by Crippen LogP contribution is 2.14. The highest BCUT2D eigenvalue weighted by Gasteiger charge is 2.12. The van der Waals surface area contributed by atoms with Crippen molar-refractivity contribution in [3.8, 4) is 0 Å². The first-order valence-corrected chi connectivity index (χ1v) is 3.97. The molecule has 4 N–H and O–H groups in total. The normalized spacial score (nSPS) is 12.4. The minimum atomic E-state index is -0.869. The van der Waals surface area contributed by atoms with Crippen LogP contribution in [0.25, 0.3) is 0 Å². The predicted octanol–water partition coefficient (Wildman–Crippen LogP) is 0.666. The topological polar surface area (TPSA) is 75.3 Å². The summed E-state index contributed by atoms with van der Waals surface area (Å²) in [6.45, 7) is 0. The molecule has 0 amide bonds. The molecule has 70 valence electrons. The minimum Gasteiger partial charge on any atom is -0.481 e. The van der Waals surface area contributed by atoms with E-state index in [1.54, 1.807) is 0 Å². The van der Waals surface area contributed by atoms with Crippen molar-refractivity contribution in [3.63, 3.8) is 0 Å². The lowest BCUT2D eigenvalue weighted by Gasteiger charge is -2.13. The van der Waals surface area contributed by atoms with E-state index < -0.39 is 5.97 Å². The van der Waals surface area contributed by atoms with E-state index in [2.05, 4.69) is 5.43 Å². The maximum absolute atomic E-state index is 10.4. The molecule has 1 aromatic rings. The molecule has 0 spiro atoms. The van der Waals surface area contributed by atoms with Gasteiger partial charge in [0.1, 0.15) is 0 Å². The maximum atomic E-state index is 10.4. The lowest BCUT2D eigenvalue weighted by atomic mass is 10.1. The second kappa shape index (κ2) is 4.59. The molecular formula is C9H12N2O2. The fraction of sp³-hybridized carbons (Fsp3) is 0.222. The van der Waals surface area contributed by atoms with Crippen LogP contribution in [0.3, 0.4) is 0 Å². The van der Waals surface area contributed by atoms with Crippen LogP contribution in [0.15, 0.2) is 30.3 Å². The quantitative estimate of drug-likeness (QED) is 0.470. The van der Waals surface area contributed by atoms with Crippen molar-refractivity contribution < 1.29 is 9.90 Å². The molecule has 13 heavy (non-hydrogen) atoms. The van der Waals surface area contributed by atoms with Gasteiger partial charge in [0.25, 0.3) is 0 Å². The third-order valence-corrected chi connectivity index (χ3v) is 1.78. The van der Waals surface area contributed by atoms with Crippen LogP contribution in [0.4, 0.5) is 0 Å². The molecule has 0 heterocycles. The number of aliphatic carboxylic acids is 1. The largest absolute Gasteiger partial charge is 0.481 e. The Kier molecular flexibility index (Phi) is 3.42. The third-order valence-electron chi connectivity index (χ3n) is 1.78. The van der Waals surface area contributed by atoms with Gasteiger partial charge in [-0.25, -0.2) is 0 Å². The van der Waals surface area contributed by atoms with E-state index in [1.165, 1.54) is 0 Å². The van der Waals surface area contributed by atoms with E-state index in [0.29, 0.717) is 0 Å². The van der Waals surface area contributed by atoms with Crippen LogP contribution in [0.2, 0.25) is 0 Å².